The van der Waals surface area contributed by atoms with Gasteiger partial charge in [-0.1, -0.05) is 5.16 Å². The second-order valence-corrected chi connectivity index (χ2v) is 4.80. The molecule has 0 aliphatic heterocycles. The Kier molecular flexibility index (Phi) is 10.3. The van der Waals surface area contributed by atoms with Crippen molar-refractivity contribution in [2.75, 3.05) is 13.2 Å². The third-order valence-corrected chi connectivity index (χ3v) is 2.68. The van der Waals surface area contributed by atoms with E-state index in [0.29, 0.717) is 0 Å². The maximum absolute atomic E-state index is 11.7. The molecule has 0 aromatic heterocycles. The fraction of sp³-hybridized carbons (Fsp3) is 0.636. The van der Waals surface area contributed by atoms with Gasteiger partial charge < -0.3 is 30.7 Å². The number of aliphatic carboxylic acids is 1. The second kappa shape index (κ2) is 11.9. The maximum atomic E-state index is 11.7. The Hall–Kier alpha value is -3.56. The van der Waals surface area contributed by atoms with Crippen molar-refractivity contribution in [3.8, 4) is 0 Å². The van der Waals surface area contributed by atoms with Crippen molar-refractivity contribution < 1.29 is 44.2 Å². The van der Waals surface area contributed by atoms with Crippen molar-refractivity contribution in [1.29, 1.82) is 0 Å². The number of rotatable bonds is 13. The van der Waals surface area contributed by atoms with Crippen LogP contribution in [0.2, 0.25) is 0 Å². The zero-order chi connectivity index (χ0) is 21.0. The highest BCUT2D eigenvalue weighted by molar-refractivity contribution is 6.37. The molecule has 0 aliphatic rings. The van der Waals surface area contributed by atoms with Crippen molar-refractivity contribution in [3.05, 3.63) is 20.2 Å². The molecule has 0 saturated carbocycles. The van der Waals surface area contributed by atoms with Gasteiger partial charge in [0, 0.05) is 6.54 Å². The summed E-state index contributed by atoms with van der Waals surface area (Å²) in [6, 6.07) is -1.26. The molecule has 0 fully saturated rings. The van der Waals surface area contributed by atoms with Gasteiger partial charge in [-0.05, 0) is 13.3 Å². The van der Waals surface area contributed by atoms with Crippen LogP contribution >= 0.6 is 0 Å². The first-order valence-electron chi connectivity index (χ1n) is 7.12. The molecule has 0 bridgehead atoms. The molecular formula is C11H17N5O11. The predicted octanol–water partition coefficient (Wildman–Crippen LogP) is -2.00. The van der Waals surface area contributed by atoms with Gasteiger partial charge in [-0.2, -0.15) is 0 Å². The van der Waals surface area contributed by atoms with Gasteiger partial charge in [-0.25, -0.2) is 4.79 Å². The van der Waals surface area contributed by atoms with E-state index in [1.807, 2.05) is 0 Å². The number of nitrogens with two attached hydrogens (primary N) is 1. The fourth-order valence-corrected chi connectivity index (χ4v) is 1.33. The Morgan fingerprint density at radius 3 is 2.41 bits per heavy atom. The van der Waals surface area contributed by atoms with Crippen molar-refractivity contribution in [2.24, 2.45) is 10.9 Å². The Morgan fingerprint density at radius 1 is 1.26 bits per heavy atom. The summed E-state index contributed by atoms with van der Waals surface area (Å²) in [5.41, 5.74) is 4.83. The Morgan fingerprint density at radius 2 is 1.89 bits per heavy atom. The topological polar surface area (TPSA) is 236 Å². The molecule has 4 N–H and O–H groups in total. The van der Waals surface area contributed by atoms with Gasteiger partial charge in [0.2, 0.25) is 0 Å². The number of carbonyl (C=O) groups is 3. The predicted molar refractivity (Wildman–Crippen MR) is 81.9 cm³/mol. The van der Waals surface area contributed by atoms with Crippen molar-refractivity contribution in [1.82, 2.24) is 5.32 Å². The number of carboxylic acid groups (broad SMARTS) is 1. The normalized spacial score (nSPS) is 13.0. The molecule has 0 spiro atoms. The van der Waals surface area contributed by atoms with Gasteiger partial charge in [-0.15, -0.1) is 20.2 Å². The van der Waals surface area contributed by atoms with Gasteiger partial charge in [0.05, 0.1) is 6.42 Å². The minimum absolute atomic E-state index is 0.203. The number of amides is 1. The van der Waals surface area contributed by atoms with Crippen LogP contribution in [0, 0.1) is 20.2 Å². The highest BCUT2D eigenvalue weighted by Crippen LogP contribution is 1.98. The van der Waals surface area contributed by atoms with Crippen LogP contribution in [0.4, 0.5) is 0 Å². The quantitative estimate of drug-likeness (QED) is 0.133. The molecule has 16 heteroatoms. The molecular weight excluding hydrogens is 378 g/mol. The summed E-state index contributed by atoms with van der Waals surface area (Å²) in [5, 5.41) is 31.8. The van der Waals surface area contributed by atoms with Crippen LogP contribution in [0.25, 0.3) is 0 Å². The summed E-state index contributed by atoms with van der Waals surface area (Å²) >= 11 is 0. The first-order chi connectivity index (χ1) is 12.5. The Balaban J connectivity index is 4.45. The lowest BCUT2D eigenvalue weighted by atomic mass is 10.2. The molecule has 0 aromatic rings. The van der Waals surface area contributed by atoms with Gasteiger partial charge in [0.15, 0.2) is 0 Å². The largest absolute Gasteiger partial charge is 0.480 e. The van der Waals surface area contributed by atoms with Crippen LogP contribution in [0.5, 0.6) is 0 Å². The third kappa shape index (κ3) is 11.6. The summed E-state index contributed by atoms with van der Waals surface area (Å²) in [6.07, 6.45) is -2.03. The van der Waals surface area contributed by atoms with Crippen molar-refractivity contribution in [3.63, 3.8) is 0 Å². The molecule has 152 valence electrons. The second-order valence-electron chi connectivity index (χ2n) is 4.80. The van der Waals surface area contributed by atoms with E-state index in [2.05, 4.69) is 25.0 Å². The molecule has 0 aliphatic carbocycles. The molecule has 0 rings (SSSR count). The highest BCUT2D eigenvalue weighted by Gasteiger charge is 2.18. The van der Waals surface area contributed by atoms with Crippen LogP contribution in [0.1, 0.15) is 19.8 Å². The molecule has 2 atom stereocenters. The molecule has 27 heavy (non-hydrogen) atoms. The van der Waals surface area contributed by atoms with E-state index in [-0.39, 0.29) is 18.6 Å². The van der Waals surface area contributed by atoms with Gasteiger partial charge in [0.25, 0.3) is 16.1 Å². The lowest BCUT2D eigenvalue weighted by molar-refractivity contribution is -0.789. The fourth-order valence-electron chi connectivity index (χ4n) is 1.33. The zero-order valence-corrected chi connectivity index (χ0v) is 13.9. The Bertz CT molecular complexity index is 608. The van der Waals surface area contributed by atoms with E-state index in [9.17, 15) is 34.6 Å². The molecule has 0 radical (unpaired) electrons. The first kappa shape index (κ1) is 23.4. The van der Waals surface area contributed by atoms with E-state index in [1.54, 1.807) is 0 Å². The van der Waals surface area contributed by atoms with Gasteiger partial charge in [-0.3, -0.25) is 9.59 Å². The smallest absolute Gasteiger partial charge is 0.335 e. The summed E-state index contributed by atoms with van der Waals surface area (Å²) in [6.45, 7) is -0.215. The van der Waals surface area contributed by atoms with E-state index in [0.717, 1.165) is 6.92 Å². The zero-order valence-electron chi connectivity index (χ0n) is 13.9. The number of carboxylic acids is 1. The molecule has 0 heterocycles. The summed E-state index contributed by atoms with van der Waals surface area (Å²) < 4.78 is 0. The molecule has 0 aromatic carbocycles. The first-order valence-corrected chi connectivity index (χ1v) is 7.12. The molecule has 0 unspecified atom stereocenters. The lowest BCUT2D eigenvalue weighted by Crippen LogP contribution is -2.40. The number of carbonyl (C=O) groups excluding carboxylic acids is 2. The van der Waals surface area contributed by atoms with Crippen LogP contribution < -0.4 is 11.1 Å². The average molecular weight is 395 g/mol. The average Bonchev–Trinajstić information content (AvgIpc) is 2.58. The number of nitrogens with zero attached hydrogens (tertiary/aromatic N) is 3. The van der Waals surface area contributed by atoms with E-state index < -0.39 is 53.3 Å². The van der Waals surface area contributed by atoms with Gasteiger partial charge in [0.1, 0.15) is 24.5 Å². The van der Waals surface area contributed by atoms with Crippen LogP contribution in [0.15, 0.2) is 5.16 Å². The van der Waals surface area contributed by atoms with E-state index in [4.69, 9.17) is 10.8 Å². The van der Waals surface area contributed by atoms with Crippen LogP contribution in [0.3, 0.4) is 0 Å². The van der Waals surface area contributed by atoms with Crippen molar-refractivity contribution >= 4 is 23.6 Å². The maximum Gasteiger partial charge on any atom is 0.335 e. The third-order valence-electron chi connectivity index (χ3n) is 2.68. The standard InChI is InChI=1S/C11H17N5O11/c1-6(14-26-9(17)3-2-8(12)11(19)20)10(18)13-4-7(27-16(23)24)5-25-15(21)22/h7-8H,2-5,12H2,1H3,(H,13,18)(H,19,20)/b14-6-/t7-,8+/m1/s1. The Labute approximate surface area is 150 Å². The molecule has 1 amide bonds. The summed E-state index contributed by atoms with van der Waals surface area (Å²) in [7, 11) is 0. The molecule has 16 nitrogen and oxygen atoms in total. The number of oxime groups is 1. The summed E-state index contributed by atoms with van der Waals surface area (Å²) in [4.78, 5) is 66.3. The van der Waals surface area contributed by atoms with E-state index >= 15 is 0 Å². The van der Waals surface area contributed by atoms with Crippen LogP contribution in [-0.2, 0) is 28.9 Å². The number of hydrogen-bond acceptors (Lipinski definition) is 12. The SMILES string of the molecule is C/C(=N/OC(=O)CC[C@H](N)C(=O)O)C(=O)NC[C@H](CO[N+](=O)[O-])O[N+](=O)[O-]. The number of hydrogen-bond donors (Lipinski definition) is 3. The highest BCUT2D eigenvalue weighted by atomic mass is 17.0. The summed E-state index contributed by atoms with van der Waals surface area (Å²) in [5.74, 6) is -3.15. The lowest BCUT2D eigenvalue weighted by Gasteiger charge is -2.14. The monoisotopic (exact) mass is 395 g/mol. The van der Waals surface area contributed by atoms with Crippen LogP contribution in [-0.4, -0.2) is 64.1 Å². The van der Waals surface area contributed by atoms with Gasteiger partial charge >= 0.3 is 11.9 Å². The number of nitrogens with one attached hydrogen (secondary N) is 1. The van der Waals surface area contributed by atoms with Crippen molar-refractivity contribution in [2.45, 2.75) is 31.9 Å². The molecule has 0 saturated heterocycles. The van der Waals surface area contributed by atoms with E-state index in [1.165, 1.54) is 0 Å². The minimum Gasteiger partial charge on any atom is -0.480 e. The minimum atomic E-state index is -1.47.